The minimum Gasteiger partial charge on any atom is -0.487 e. The molecule has 1 spiro atoms. The molecule has 1 aromatic heterocycles. The Bertz CT molecular complexity index is 766. The Morgan fingerprint density at radius 2 is 2.19 bits per heavy atom. The molecule has 2 aromatic rings. The minimum absolute atomic E-state index is 0.00658. The molecule has 1 fully saturated rings. The molecule has 1 aliphatic heterocycles. The first-order chi connectivity index (χ1) is 12.6. The zero-order valence-electron chi connectivity index (χ0n) is 15.1. The van der Waals surface area contributed by atoms with Crippen LogP contribution in [0.4, 0.5) is 0 Å². The highest BCUT2D eigenvalue weighted by Crippen LogP contribution is 2.51. The van der Waals surface area contributed by atoms with Gasteiger partial charge in [-0.15, -0.1) is 23.1 Å². The van der Waals surface area contributed by atoms with Gasteiger partial charge in [0.15, 0.2) is 0 Å². The van der Waals surface area contributed by atoms with Crippen LogP contribution in [0.5, 0.6) is 5.75 Å². The fourth-order valence-corrected chi connectivity index (χ4v) is 5.92. The summed E-state index contributed by atoms with van der Waals surface area (Å²) >= 11 is 3.44. The number of carbonyl (C=O) groups excluding carboxylic acids is 1. The predicted octanol–water partition coefficient (Wildman–Crippen LogP) is 5.24. The van der Waals surface area contributed by atoms with Gasteiger partial charge in [-0.1, -0.05) is 23.8 Å². The second kappa shape index (κ2) is 7.65. The lowest BCUT2D eigenvalue weighted by Gasteiger charge is -2.40. The van der Waals surface area contributed by atoms with E-state index in [2.05, 4.69) is 36.5 Å². The van der Waals surface area contributed by atoms with Gasteiger partial charge in [-0.3, -0.25) is 4.79 Å². The normalized spacial score (nSPS) is 20.6. The van der Waals surface area contributed by atoms with Crippen molar-refractivity contribution in [2.24, 2.45) is 0 Å². The van der Waals surface area contributed by atoms with Gasteiger partial charge in [0.1, 0.15) is 11.4 Å². The number of nitrogens with one attached hydrogen (secondary N) is 1. The van der Waals surface area contributed by atoms with Crippen LogP contribution in [0, 0.1) is 6.92 Å². The van der Waals surface area contributed by atoms with Crippen molar-refractivity contribution in [3.8, 4) is 5.75 Å². The summed E-state index contributed by atoms with van der Waals surface area (Å²) in [5, 5.41) is 5.42. The number of aryl methyl sites for hydroxylation is 1. The summed E-state index contributed by atoms with van der Waals surface area (Å²) in [6, 6.07) is 10.6. The highest BCUT2D eigenvalue weighted by molar-refractivity contribution is 8.00. The van der Waals surface area contributed by atoms with Gasteiger partial charge in [-0.2, -0.15) is 0 Å². The van der Waals surface area contributed by atoms with Crippen molar-refractivity contribution in [2.75, 3.05) is 5.75 Å². The lowest BCUT2D eigenvalue weighted by molar-refractivity contribution is -0.118. The van der Waals surface area contributed by atoms with E-state index >= 15 is 0 Å². The van der Waals surface area contributed by atoms with Gasteiger partial charge in [0.25, 0.3) is 0 Å². The molecule has 3 nitrogen and oxygen atoms in total. The van der Waals surface area contributed by atoms with Gasteiger partial charge in [0, 0.05) is 22.1 Å². The number of carbonyl (C=O) groups is 1. The van der Waals surface area contributed by atoms with E-state index in [-0.39, 0.29) is 11.5 Å². The molecular weight excluding hydrogens is 362 g/mol. The summed E-state index contributed by atoms with van der Waals surface area (Å²) in [6.45, 7) is 2.75. The fourth-order valence-electron chi connectivity index (χ4n) is 4.04. The van der Waals surface area contributed by atoms with Gasteiger partial charge in [-0.05, 0) is 50.1 Å². The maximum atomic E-state index is 12.3. The number of amides is 1. The molecule has 1 N–H and O–H groups in total. The van der Waals surface area contributed by atoms with Gasteiger partial charge >= 0.3 is 0 Å². The number of thiophene rings is 1. The van der Waals surface area contributed by atoms with E-state index in [1.165, 1.54) is 28.8 Å². The highest BCUT2D eigenvalue weighted by atomic mass is 32.2. The maximum Gasteiger partial charge on any atom is 0.230 e. The van der Waals surface area contributed by atoms with Gasteiger partial charge in [-0.25, -0.2) is 0 Å². The molecule has 26 heavy (non-hydrogen) atoms. The number of hydrogen-bond acceptors (Lipinski definition) is 4. The van der Waals surface area contributed by atoms with E-state index < -0.39 is 0 Å². The molecule has 0 saturated heterocycles. The van der Waals surface area contributed by atoms with Crippen LogP contribution in [0.15, 0.2) is 35.7 Å². The monoisotopic (exact) mass is 387 g/mol. The molecule has 1 atom stereocenters. The fraction of sp³-hybridized carbons (Fsp3) is 0.476. The SMILES string of the molecule is Cc1ccc2c(c1)C(SCC(=O)NCc1cccs1)CC1(CCCC1)O2. The molecule has 5 heteroatoms. The number of thioether (sulfide) groups is 1. The molecule has 1 saturated carbocycles. The average Bonchev–Trinajstić information content (AvgIpc) is 3.31. The second-order valence-electron chi connectivity index (χ2n) is 7.39. The molecule has 2 aliphatic rings. The van der Waals surface area contributed by atoms with Crippen molar-refractivity contribution >= 4 is 29.0 Å². The van der Waals surface area contributed by atoms with E-state index in [0.29, 0.717) is 17.5 Å². The molecular formula is C21H25NO2S2. The van der Waals surface area contributed by atoms with Gasteiger partial charge < -0.3 is 10.1 Å². The Morgan fingerprint density at radius 3 is 2.96 bits per heavy atom. The summed E-state index contributed by atoms with van der Waals surface area (Å²) in [5.41, 5.74) is 2.51. The molecule has 0 bridgehead atoms. The van der Waals surface area contributed by atoms with Crippen molar-refractivity contribution in [1.82, 2.24) is 5.32 Å². The van der Waals surface area contributed by atoms with Crippen LogP contribution in [0.25, 0.3) is 0 Å². The standard InChI is InChI=1S/C21H25NO2S2/c1-15-6-7-18-17(11-15)19(12-21(24-18)8-2-3-9-21)26-14-20(23)22-13-16-5-4-10-25-16/h4-7,10-11,19H,2-3,8-9,12-14H2,1H3,(H,22,23). The largest absolute Gasteiger partial charge is 0.487 e. The van der Waals surface area contributed by atoms with E-state index in [4.69, 9.17) is 4.74 Å². The number of hydrogen-bond donors (Lipinski definition) is 1. The molecule has 2 heterocycles. The average molecular weight is 388 g/mol. The van der Waals surface area contributed by atoms with Crippen LogP contribution >= 0.6 is 23.1 Å². The first-order valence-electron chi connectivity index (χ1n) is 9.34. The van der Waals surface area contributed by atoms with Crippen LogP contribution in [-0.4, -0.2) is 17.3 Å². The van der Waals surface area contributed by atoms with E-state index in [9.17, 15) is 4.79 Å². The second-order valence-corrected chi connectivity index (χ2v) is 9.62. The Morgan fingerprint density at radius 1 is 1.35 bits per heavy atom. The first-order valence-corrected chi connectivity index (χ1v) is 11.3. The molecule has 1 aromatic carbocycles. The van der Waals surface area contributed by atoms with E-state index in [1.807, 2.05) is 11.4 Å². The number of benzene rings is 1. The topological polar surface area (TPSA) is 38.3 Å². The third-order valence-electron chi connectivity index (χ3n) is 5.37. The Labute approximate surface area is 163 Å². The predicted molar refractivity (Wildman–Crippen MR) is 109 cm³/mol. The first kappa shape index (κ1) is 17.9. The van der Waals surface area contributed by atoms with Crippen LogP contribution in [0.3, 0.4) is 0 Å². The molecule has 1 aliphatic carbocycles. The zero-order valence-corrected chi connectivity index (χ0v) is 16.8. The zero-order chi connectivity index (χ0) is 18.0. The van der Waals surface area contributed by atoms with Gasteiger partial charge in [0.05, 0.1) is 12.3 Å². The molecule has 4 rings (SSSR count). The highest BCUT2D eigenvalue weighted by Gasteiger charge is 2.43. The van der Waals surface area contributed by atoms with Crippen molar-refractivity contribution in [3.63, 3.8) is 0 Å². The number of fused-ring (bicyclic) bond motifs is 1. The Kier molecular flexibility index (Phi) is 5.28. The lowest BCUT2D eigenvalue weighted by atomic mass is 9.88. The molecule has 1 amide bonds. The number of ether oxygens (including phenoxy) is 1. The van der Waals surface area contributed by atoms with Gasteiger partial charge in [0.2, 0.25) is 5.91 Å². The van der Waals surface area contributed by atoms with Crippen LogP contribution in [0.1, 0.15) is 53.4 Å². The van der Waals surface area contributed by atoms with Crippen LogP contribution < -0.4 is 10.1 Å². The lowest BCUT2D eigenvalue weighted by Crippen LogP contribution is -2.38. The van der Waals surface area contributed by atoms with Crippen LogP contribution in [-0.2, 0) is 11.3 Å². The third kappa shape index (κ3) is 3.94. The third-order valence-corrected chi connectivity index (χ3v) is 7.49. The summed E-state index contributed by atoms with van der Waals surface area (Å²) in [5.74, 6) is 1.64. The molecule has 0 radical (unpaired) electrons. The summed E-state index contributed by atoms with van der Waals surface area (Å²) in [4.78, 5) is 13.5. The molecule has 1 unspecified atom stereocenters. The van der Waals surface area contributed by atoms with E-state index in [0.717, 1.165) is 25.0 Å². The minimum atomic E-state index is -0.00658. The molecule has 138 valence electrons. The van der Waals surface area contributed by atoms with Crippen molar-refractivity contribution in [3.05, 3.63) is 51.7 Å². The summed E-state index contributed by atoms with van der Waals surface area (Å²) in [6.07, 6.45) is 5.80. The van der Waals surface area contributed by atoms with Crippen molar-refractivity contribution in [2.45, 2.75) is 56.4 Å². The summed E-state index contributed by atoms with van der Waals surface area (Å²) in [7, 11) is 0. The summed E-state index contributed by atoms with van der Waals surface area (Å²) < 4.78 is 6.46. The van der Waals surface area contributed by atoms with Crippen molar-refractivity contribution in [1.29, 1.82) is 0 Å². The Hall–Kier alpha value is -1.46. The smallest absolute Gasteiger partial charge is 0.230 e. The number of rotatable bonds is 5. The van der Waals surface area contributed by atoms with E-state index in [1.54, 1.807) is 23.1 Å². The van der Waals surface area contributed by atoms with Crippen molar-refractivity contribution < 1.29 is 9.53 Å². The Balaban J connectivity index is 1.42. The van der Waals surface area contributed by atoms with Crippen LogP contribution in [0.2, 0.25) is 0 Å². The quantitative estimate of drug-likeness (QED) is 0.762. The maximum absolute atomic E-state index is 12.3.